The first-order valence-corrected chi connectivity index (χ1v) is 9.51. The molecular formula is C15H16N4O4S. The van der Waals surface area contributed by atoms with E-state index in [9.17, 15) is 8.42 Å². The topological polar surface area (TPSA) is 104 Å². The number of aromatic nitrogens is 4. The van der Waals surface area contributed by atoms with Gasteiger partial charge in [0.05, 0.1) is 25.0 Å². The highest BCUT2D eigenvalue weighted by Crippen LogP contribution is 2.45. The number of hydrogen-bond acceptors (Lipinski definition) is 8. The first-order chi connectivity index (χ1) is 11.5. The molecular weight excluding hydrogens is 332 g/mol. The van der Waals surface area contributed by atoms with Gasteiger partial charge in [0.15, 0.2) is 20.7 Å². The van der Waals surface area contributed by atoms with Gasteiger partial charge >= 0.3 is 0 Å². The molecule has 24 heavy (non-hydrogen) atoms. The number of nitrogens with zero attached hydrogens (tertiary/aromatic N) is 4. The van der Waals surface area contributed by atoms with Gasteiger partial charge in [-0.05, 0) is 12.8 Å². The lowest BCUT2D eigenvalue weighted by molar-refractivity contribution is 0.344. The summed E-state index contributed by atoms with van der Waals surface area (Å²) in [4.78, 5) is 17.2. The van der Waals surface area contributed by atoms with Crippen LogP contribution >= 0.6 is 0 Å². The van der Waals surface area contributed by atoms with E-state index in [-0.39, 0.29) is 10.9 Å². The predicted molar refractivity (Wildman–Crippen MR) is 83.9 cm³/mol. The molecule has 0 unspecified atom stereocenters. The van der Waals surface area contributed by atoms with Gasteiger partial charge in [0.25, 0.3) is 0 Å². The minimum absolute atomic E-state index is 0.00709. The van der Waals surface area contributed by atoms with Crippen molar-refractivity contribution in [2.75, 3.05) is 20.0 Å². The molecule has 0 atom stereocenters. The predicted octanol–water partition coefficient (Wildman–Crippen LogP) is 1.16. The highest BCUT2D eigenvalue weighted by Gasteiger charge is 2.33. The van der Waals surface area contributed by atoms with E-state index in [0.29, 0.717) is 41.8 Å². The normalized spacial score (nSPS) is 16.6. The van der Waals surface area contributed by atoms with Crippen molar-refractivity contribution in [3.63, 3.8) is 0 Å². The summed E-state index contributed by atoms with van der Waals surface area (Å²) in [5.41, 5.74) is 1.87. The van der Waals surface area contributed by atoms with Gasteiger partial charge in [-0.25, -0.2) is 23.4 Å². The zero-order valence-corrected chi connectivity index (χ0v) is 14.1. The van der Waals surface area contributed by atoms with Crippen molar-refractivity contribution in [1.82, 2.24) is 19.9 Å². The molecule has 1 saturated carbocycles. The molecule has 0 saturated heterocycles. The maximum Gasteiger partial charge on any atom is 0.227 e. The van der Waals surface area contributed by atoms with E-state index in [1.54, 1.807) is 0 Å². The van der Waals surface area contributed by atoms with Gasteiger partial charge in [-0.15, -0.1) is 0 Å². The molecule has 9 heteroatoms. The van der Waals surface area contributed by atoms with Gasteiger partial charge in [-0.2, -0.15) is 4.98 Å². The summed E-state index contributed by atoms with van der Waals surface area (Å²) < 4.78 is 35.1. The molecule has 3 heterocycles. The SMILES string of the molecule is COc1ncnc(C2CC2)c1-c1nc2c(c(S(C)(=O)=O)n1)CCO2. The second-order valence-electron chi connectivity index (χ2n) is 5.92. The summed E-state index contributed by atoms with van der Waals surface area (Å²) >= 11 is 0. The van der Waals surface area contributed by atoms with Crippen LogP contribution in [0.1, 0.15) is 30.0 Å². The van der Waals surface area contributed by atoms with E-state index in [2.05, 4.69) is 19.9 Å². The molecule has 8 nitrogen and oxygen atoms in total. The van der Waals surface area contributed by atoms with E-state index in [1.165, 1.54) is 13.4 Å². The van der Waals surface area contributed by atoms with Gasteiger partial charge in [-0.1, -0.05) is 0 Å². The number of ether oxygens (including phenoxy) is 2. The van der Waals surface area contributed by atoms with Crippen LogP contribution in [0.4, 0.5) is 0 Å². The molecule has 4 rings (SSSR count). The van der Waals surface area contributed by atoms with Crippen LogP contribution in [0.3, 0.4) is 0 Å². The Morgan fingerprint density at radius 2 is 2.04 bits per heavy atom. The van der Waals surface area contributed by atoms with Crippen molar-refractivity contribution < 1.29 is 17.9 Å². The van der Waals surface area contributed by atoms with Crippen LogP contribution in [0.5, 0.6) is 11.8 Å². The largest absolute Gasteiger partial charge is 0.480 e. The van der Waals surface area contributed by atoms with Crippen LogP contribution in [-0.2, 0) is 16.3 Å². The van der Waals surface area contributed by atoms with Gasteiger partial charge in [-0.3, -0.25) is 0 Å². The number of rotatable bonds is 4. The quantitative estimate of drug-likeness (QED) is 0.758. The Balaban J connectivity index is 1.99. The van der Waals surface area contributed by atoms with Gasteiger partial charge in [0, 0.05) is 18.6 Å². The van der Waals surface area contributed by atoms with Crippen LogP contribution in [0.15, 0.2) is 11.4 Å². The molecule has 0 aromatic carbocycles. The van der Waals surface area contributed by atoms with E-state index in [0.717, 1.165) is 24.8 Å². The lowest BCUT2D eigenvalue weighted by Gasteiger charge is -2.12. The third-order valence-electron chi connectivity index (χ3n) is 4.10. The summed E-state index contributed by atoms with van der Waals surface area (Å²) in [6, 6.07) is 0. The lowest BCUT2D eigenvalue weighted by atomic mass is 10.1. The Morgan fingerprint density at radius 3 is 2.71 bits per heavy atom. The number of methoxy groups -OCH3 is 1. The molecule has 0 radical (unpaired) electrons. The molecule has 2 aromatic heterocycles. The van der Waals surface area contributed by atoms with Crippen LogP contribution in [0.2, 0.25) is 0 Å². The minimum atomic E-state index is -3.51. The van der Waals surface area contributed by atoms with Crippen molar-refractivity contribution in [3.8, 4) is 23.1 Å². The summed E-state index contributed by atoms with van der Waals surface area (Å²) in [7, 11) is -2.00. The second-order valence-corrected chi connectivity index (χ2v) is 7.86. The molecule has 2 aliphatic rings. The van der Waals surface area contributed by atoms with Crippen molar-refractivity contribution in [2.45, 2.75) is 30.2 Å². The number of sulfone groups is 1. The fraction of sp³-hybridized carbons (Fsp3) is 0.467. The zero-order chi connectivity index (χ0) is 16.9. The zero-order valence-electron chi connectivity index (χ0n) is 13.3. The number of fused-ring (bicyclic) bond motifs is 1. The molecule has 126 valence electrons. The van der Waals surface area contributed by atoms with Crippen LogP contribution in [0.25, 0.3) is 11.4 Å². The maximum atomic E-state index is 12.2. The molecule has 0 bridgehead atoms. The third-order valence-corrected chi connectivity index (χ3v) is 5.14. The van der Waals surface area contributed by atoms with E-state index in [1.807, 2.05) is 0 Å². The van der Waals surface area contributed by atoms with Crippen LogP contribution in [-0.4, -0.2) is 48.3 Å². The molecule has 0 spiro atoms. The average Bonchev–Trinajstić information content (AvgIpc) is 3.29. The van der Waals surface area contributed by atoms with Crippen LogP contribution < -0.4 is 9.47 Å². The summed E-state index contributed by atoms with van der Waals surface area (Å²) in [6.07, 6.45) is 5.10. The smallest absolute Gasteiger partial charge is 0.227 e. The summed E-state index contributed by atoms with van der Waals surface area (Å²) in [5.74, 6) is 1.18. The Bertz CT molecular complexity index is 925. The molecule has 0 amide bonds. The molecule has 1 aliphatic heterocycles. The van der Waals surface area contributed by atoms with Gasteiger partial charge in [0.1, 0.15) is 11.9 Å². The maximum absolute atomic E-state index is 12.2. The second kappa shape index (κ2) is 5.37. The van der Waals surface area contributed by atoms with Crippen LogP contribution in [0, 0.1) is 0 Å². The molecule has 0 N–H and O–H groups in total. The summed E-state index contributed by atoms with van der Waals surface area (Å²) in [5, 5.41) is 0.00709. The lowest BCUT2D eigenvalue weighted by Crippen LogP contribution is -2.09. The first kappa shape index (κ1) is 15.3. The van der Waals surface area contributed by atoms with Crippen molar-refractivity contribution in [2.24, 2.45) is 0 Å². The highest BCUT2D eigenvalue weighted by atomic mass is 32.2. The molecule has 1 aliphatic carbocycles. The Hall–Kier alpha value is -2.29. The Labute approximate surface area is 139 Å². The molecule has 2 aromatic rings. The highest BCUT2D eigenvalue weighted by molar-refractivity contribution is 7.90. The van der Waals surface area contributed by atoms with Gasteiger partial charge < -0.3 is 9.47 Å². The van der Waals surface area contributed by atoms with Crippen molar-refractivity contribution >= 4 is 9.84 Å². The fourth-order valence-corrected chi connectivity index (χ4v) is 3.75. The summed E-state index contributed by atoms with van der Waals surface area (Å²) in [6.45, 7) is 0.397. The van der Waals surface area contributed by atoms with E-state index < -0.39 is 9.84 Å². The van der Waals surface area contributed by atoms with Gasteiger partial charge in [0.2, 0.25) is 11.8 Å². The first-order valence-electron chi connectivity index (χ1n) is 7.62. The average molecular weight is 348 g/mol. The minimum Gasteiger partial charge on any atom is -0.480 e. The molecule has 1 fully saturated rings. The number of hydrogen-bond donors (Lipinski definition) is 0. The standard InChI is InChI=1S/C15H16N4O4S/c1-22-14-10(11(8-3-4-8)16-7-17-14)12-18-13-9(5-6-23-13)15(19-12)24(2,20)21/h7-8H,3-6H2,1-2H3. The van der Waals surface area contributed by atoms with Crippen molar-refractivity contribution in [3.05, 3.63) is 17.6 Å². The Morgan fingerprint density at radius 1 is 1.25 bits per heavy atom. The van der Waals surface area contributed by atoms with E-state index >= 15 is 0 Å². The van der Waals surface area contributed by atoms with Crippen molar-refractivity contribution in [1.29, 1.82) is 0 Å². The Kier molecular flexibility index (Phi) is 3.41. The fourth-order valence-electron chi connectivity index (χ4n) is 2.86. The van der Waals surface area contributed by atoms with E-state index in [4.69, 9.17) is 9.47 Å². The monoisotopic (exact) mass is 348 g/mol. The third kappa shape index (κ3) is 2.48.